The van der Waals surface area contributed by atoms with Gasteiger partial charge in [-0.05, 0) is 68.4 Å². The minimum Gasteiger partial charge on any atom is -0.487 e. The third-order valence-corrected chi connectivity index (χ3v) is 4.24. The summed E-state index contributed by atoms with van der Waals surface area (Å²) < 4.78 is 7.72. The fraction of sp³-hybridized carbons (Fsp3) is 0.133. The molecule has 0 aromatic heterocycles. The lowest BCUT2D eigenvalue weighted by atomic mass is 10.1. The van der Waals surface area contributed by atoms with E-state index >= 15 is 0 Å². The van der Waals surface area contributed by atoms with Crippen molar-refractivity contribution in [3.8, 4) is 5.75 Å². The van der Waals surface area contributed by atoms with Gasteiger partial charge in [-0.25, -0.2) is 0 Å². The first kappa shape index (κ1) is 15.6. The van der Waals surface area contributed by atoms with Crippen LogP contribution in [-0.2, 0) is 17.8 Å². The molecular weight excluding hydrogens is 482 g/mol. The van der Waals surface area contributed by atoms with Gasteiger partial charge in [0.05, 0.1) is 13.6 Å². The highest BCUT2D eigenvalue weighted by molar-refractivity contribution is 14.1. The average molecular weight is 494 g/mol. The summed E-state index contributed by atoms with van der Waals surface area (Å²) in [6, 6.07) is 13.7. The minimum absolute atomic E-state index is 0.0327. The molecule has 0 unspecified atom stereocenters. The van der Waals surface area contributed by atoms with Crippen molar-refractivity contribution in [2.45, 2.75) is 13.0 Å². The Morgan fingerprint density at radius 1 is 1.05 bits per heavy atom. The van der Waals surface area contributed by atoms with Crippen LogP contribution < -0.4 is 4.74 Å². The molecule has 0 amide bonds. The maximum Gasteiger partial charge on any atom is 0.307 e. The molecule has 2 aromatic rings. The molecule has 2 aromatic carbocycles. The van der Waals surface area contributed by atoms with E-state index in [9.17, 15) is 4.79 Å². The third-order valence-electron chi connectivity index (χ3n) is 2.64. The summed E-state index contributed by atoms with van der Waals surface area (Å²) in [5.41, 5.74) is 1.90. The van der Waals surface area contributed by atoms with Crippen LogP contribution in [0.25, 0.3) is 0 Å². The van der Waals surface area contributed by atoms with Crippen LogP contribution in [0.1, 0.15) is 11.1 Å². The van der Waals surface area contributed by atoms with Crippen molar-refractivity contribution in [2.24, 2.45) is 0 Å². The highest BCUT2D eigenvalue weighted by Gasteiger charge is 2.11. The normalized spacial score (nSPS) is 10.3. The minimum atomic E-state index is -0.824. The Kier molecular flexibility index (Phi) is 5.64. The molecule has 0 heterocycles. The van der Waals surface area contributed by atoms with Crippen molar-refractivity contribution < 1.29 is 14.6 Å². The summed E-state index contributed by atoms with van der Waals surface area (Å²) in [7, 11) is 0. The van der Waals surface area contributed by atoms with E-state index in [0.717, 1.165) is 24.0 Å². The highest BCUT2D eigenvalue weighted by atomic mass is 127. The highest BCUT2D eigenvalue weighted by Crippen LogP contribution is 2.29. The van der Waals surface area contributed by atoms with Crippen molar-refractivity contribution in [1.82, 2.24) is 0 Å². The number of rotatable bonds is 5. The number of hydrogen-bond donors (Lipinski definition) is 1. The standard InChI is InChI=1S/C15H12I2O3/c16-12-6-11(8-14(18)19)7-13(17)15(12)20-9-10-4-2-1-3-5-10/h1-7H,8-9H2,(H,18,19). The number of ether oxygens (including phenoxy) is 1. The summed E-state index contributed by atoms with van der Waals surface area (Å²) in [6.07, 6.45) is 0.0327. The molecule has 0 saturated carbocycles. The first-order valence-corrected chi connectivity index (χ1v) is 8.08. The summed E-state index contributed by atoms with van der Waals surface area (Å²) in [5.74, 6) is -0.0151. The van der Waals surface area contributed by atoms with Crippen LogP contribution in [0.4, 0.5) is 0 Å². The molecule has 1 N–H and O–H groups in total. The molecule has 5 heteroatoms. The predicted molar refractivity (Wildman–Crippen MR) is 94.0 cm³/mol. The number of halogens is 2. The molecule has 0 fully saturated rings. The van der Waals surface area contributed by atoms with Gasteiger partial charge in [0.25, 0.3) is 0 Å². The van der Waals surface area contributed by atoms with Gasteiger partial charge in [-0.2, -0.15) is 0 Å². The first-order chi connectivity index (χ1) is 9.56. The van der Waals surface area contributed by atoms with E-state index < -0.39 is 5.97 Å². The van der Waals surface area contributed by atoms with Gasteiger partial charge in [0.2, 0.25) is 0 Å². The SMILES string of the molecule is O=C(O)Cc1cc(I)c(OCc2ccccc2)c(I)c1. The first-order valence-electron chi connectivity index (χ1n) is 5.92. The Balaban J connectivity index is 2.14. The van der Waals surface area contributed by atoms with Crippen LogP contribution in [0.5, 0.6) is 5.75 Å². The molecule has 3 nitrogen and oxygen atoms in total. The molecule has 0 bridgehead atoms. The van der Waals surface area contributed by atoms with Gasteiger partial charge < -0.3 is 9.84 Å². The fourth-order valence-corrected chi connectivity index (χ4v) is 3.97. The van der Waals surface area contributed by atoms with Crippen molar-refractivity contribution in [1.29, 1.82) is 0 Å². The predicted octanol–water partition coefficient (Wildman–Crippen LogP) is 4.10. The monoisotopic (exact) mass is 494 g/mol. The molecule has 2 rings (SSSR count). The lowest BCUT2D eigenvalue weighted by Gasteiger charge is -2.12. The molecule has 0 atom stereocenters. The quantitative estimate of drug-likeness (QED) is 0.638. The van der Waals surface area contributed by atoms with Gasteiger partial charge in [0, 0.05) is 0 Å². The van der Waals surface area contributed by atoms with E-state index in [1.54, 1.807) is 0 Å². The summed E-state index contributed by atoms with van der Waals surface area (Å²) in [6.45, 7) is 0.505. The summed E-state index contributed by atoms with van der Waals surface area (Å²) in [4.78, 5) is 10.8. The number of carbonyl (C=O) groups is 1. The second-order valence-corrected chi connectivity index (χ2v) is 6.56. The molecule has 104 valence electrons. The second-order valence-electron chi connectivity index (χ2n) is 4.23. The number of carboxylic acid groups (broad SMARTS) is 1. The van der Waals surface area contributed by atoms with Gasteiger partial charge in [0.15, 0.2) is 0 Å². The molecule has 0 spiro atoms. The fourth-order valence-electron chi connectivity index (χ4n) is 1.76. The third kappa shape index (κ3) is 4.34. The smallest absolute Gasteiger partial charge is 0.307 e. The van der Waals surface area contributed by atoms with E-state index in [1.165, 1.54) is 0 Å². The Hall–Kier alpha value is -0.830. The van der Waals surface area contributed by atoms with Gasteiger partial charge in [0.1, 0.15) is 12.4 Å². The molecule has 0 aliphatic carbocycles. The molecule has 0 saturated heterocycles. The van der Waals surface area contributed by atoms with Crippen LogP contribution in [0, 0.1) is 7.14 Å². The van der Waals surface area contributed by atoms with Gasteiger partial charge in [-0.1, -0.05) is 30.3 Å². The number of benzene rings is 2. The van der Waals surface area contributed by atoms with E-state index in [0.29, 0.717) is 6.61 Å². The van der Waals surface area contributed by atoms with E-state index in [1.807, 2.05) is 42.5 Å². The van der Waals surface area contributed by atoms with Gasteiger partial charge >= 0.3 is 5.97 Å². The van der Waals surface area contributed by atoms with Crippen molar-refractivity contribution in [2.75, 3.05) is 0 Å². The van der Waals surface area contributed by atoms with Crippen LogP contribution in [0.2, 0.25) is 0 Å². The number of aliphatic carboxylic acids is 1. The van der Waals surface area contributed by atoms with Crippen molar-refractivity contribution in [3.05, 3.63) is 60.7 Å². The average Bonchev–Trinajstić information content (AvgIpc) is 2.38. The Morgan fingerprint density at radius 3 is 2.20 bits per heavy atom. The second kappa shape index (κ2) is 7.26. The summed E-state index contributed by atoms with van der Waals surface area (Å²) >= 11 is 4.36. The Labute approximate surface area is 144 Å². The van der Waals surface area contributed by atoms with Gasteiger partial charge in [-0.15, -0.1) is 0 Å². The lowest BCUT2D eigenvalue weighted by Crippen LogP contribution is -2.03. The molecule has 20 heavy (non-hydrogen) atoms. The molecular formula is C15H12I2O3. The van der Waals surface area contributed by atoms with Crippen molar-refractivity contribution in [3.63, 3.8) is 0 Å². The van der Waals surface area contributed by atoms with Crippen LogP contribution in [0.15, 0.2) is 42.5 Å². The van der Waals surface area contributed by atoms with E-state index in [2.05, 4.69) is 45.2 Å². The van der Waals surface area contributed by atoms with E-state index in [-0.39, 0.29) is 6.42 Å². The maximum atomic E-state index is 10.8. The van der Waals surface area contributed by atoms with Crippen LogP contribution in [-0.4, -0.2) is 11.1 Å². The van der Waals surface area contributed by atoms with Gasteiger partial charge in [-0.3, -0.25) is 4.79 Å². The zero-order valence-corrected chi connectivity index (χ0v) is 14.8. The molecule has 0 aliphatic heterocycles. The van der Waals surface area contributed by atoms with Crippen molar-refractivity contribution >= 4 is 51.2 Å². The Morgan fingerprint density at radius 2 is 1.65 bits per heavy atom. The maximum absolute atomic E-state index is 10.8. The number of hydrogen-bond acceptors (Lipinski definition) is 2. The lowest BCUT2D eigenvalue weighted by molar-refractivity contribution is -0.136. The molecule has 0 radical (unpaired) electrons. The molecule has 0 aliphatic rings. The summed E-state index contributed by atoms with van der Waals surface area (Å²) in [5, 5.41) is 8.83. The zero-order chi connectivity index (χ0) is 14.5. The zero-order valence-electron chi connectivity index (χ0n) is 10.5. The van der Waals surface area contributed by atoms with E-state index in [4.69, 9.17) is 9.84 Å². The van der Waals surface area contributed by atoms with Crippen LogP contribution in [0.3, 0.4) is 0 Å². The Bertz CT molecular complexity index is 589. The largest absolute Gasteiger partial charge is 0.487 e. The number of carboxylic acids is 1. The van der Waals surface area contributed by atoms with Crippen LogP contribution >= 0.6 is 45.2 Å². The topological polar surface area (TPSA) is 46.5 Å².